The molecule has 0 aliphatic rings. The monoisotopic (exact) mass is 164 g/mol. The molecule has 0 fully saturated rings. The van der Waals surface area contributed by atoms with Gasteiger partial charge in [-0.3, -0.25) is 0 Å². The van der Waals surface area contributed by atoms with Crippen LogP contribution in [0.2, 0.25) is 0 Å². The van der Waals surface area contributed by atoms with Gasteiger partial charge in [-0.2, -0.15) is 0 Å². The molecular weight excluding hydrogens is 164 g/mol. The van der Waals surface area contributed by atoms with Crippen molar-refractivity contribution in [2.24, 2.45) is 0 Å². The Morgan fingerprint density at radius 3 is 2.18 bits per heavy atom. The van der Waals surface area contributed by atoms with E-state index in [0.29, 0.717) is 0 Å². The Morgan fingerprint density at radius 1 is 1.00 bits per heavy atom. The summed E-state index contributed by atoms with van der Waals surface area (Å²) in [4.78, 5) is 0. The van der Waals surface area contributed by atoms with Gasteiger partial charge in [0.25, 0.3) is 0 Å². The minimum atomic E-state index is 1.57. The van der Waals surface area contributed by atoms with Crippen molar-refractivity contribution >= 4 is 11.6 Å². The van der Waals surface area contributed by atoms with Crippen LogP contribution in [-0.2, 0) is 4.74 Å². The van der Waals surface area contributed by atoms with E-state index in [2.05, 4.69) is 34.7 Å². The largest absolute Gasteiger partial charge is 0.461 e. The minimum Gasteiger partial charge on any atom is -0.461 e. The predicted octanol–water partition coefficient (Wildman–Crippen LogP) is 0.458. The summed E-state index contributed by atoms with van der Waals surface area (Å²) >= 11 is 4.95. The van der Waals surface area contributed by atoms with Gasteiger partial charge in [-0.1, -0.05) is 0 Å². The van der Waals surface area contributed by atoms with Crippen LogP contribution >= 0.6 is 11.6 Å². The molecule has 0 heterocycles. The van der Waals surface area contributed by atoms with Gasteiger partial charge in [-0.05, 0) is 11.6 Å². The zero-order valence-corrected chi connectivity index (χ0v) is 5.99. The maximum absolute atomic E-state index is 7.91. The number of rotatable bonds is 0. The molecule has 0 amide bonds. The summed E-state index contributed by atoms with van der Waals surface area (Å²) in [6, 6.07) is 0. The first-order valence-electron chi connectivity index (χ1n) is 2.32. The van der Waals surface area contributed by atoms with Crippen LogP contribution < -0.4 is 0 Å². The lowest BCUT2D eigenvalue weighted by molar-refractivity contribution is 0.479. The fourth-order valence-corrected chi connectivity index (χ4v) is 0.226. The molecule has 0 unspecified atom stereocenters. The first-order chi connectivity index (χ1) is 5.41. The summed E-state index contributed by atoms with van der Waals surface area (Å²) in [5, 5.41) is 9.93. The van der Waals surface area contributed by atoms with E-state index in [1.54, 1.807) is 6.11 Å². The van der Waals surface area contributed by atoms with Gasteiger partial charge >= 0.3 is 0 Å². The van der Waals surface area contributed by atoms with Crippen molar-refractivity contribution in [3.8, 4) is 47.4 Å². The van der Waals surface area contributed by atoms with Gasteiger partial charge in [0.15, 0.2) is 0 Å². The third-order valence-corrected chi connectivity index (χ3v) is 0.527. The fourth-order valence-electron chi connectivity index (χ4n) is 0.179. The third-order valence-electron chi connectivity index (χ3n) is 0.432. The lowest BCUT2D eigenvalue weighted by Gasteiger charge is -1.69. The standard InChI is InChI=1S/C8HClO2/c9-5-1-3-7-11-8-4-2-6-10/h10H. The lowest BCUT2D eigenvalue weighted by atomic mass is 10.7. The van der Waals surface area contributed by atoms with E-state index in [-0.39, 0.29) is 0 Å². The van der Waals surface area contributed by atoms with Crippen molar-refractivity contribution in [1.82, 2.24) is 0 Å². The molecule has 52 valence electrons. The Bertz CT molecular complexity index is 304. The SMILES string of the molecule is OC#CC#COC#CC#CCl. The highest BCUT2D eigenvalue weighted by Crippen LogP contribution is 1.63. The van der Waals surface area contributed by atoms with Gasteiger partial charge in [0, 0.05) is 29.1 Å². The Morgan fingerprint density at radius 2 is 1.64 bits per heavy atom. The Labute approximate surface area is 69.5 Å². The van der Waals surface area contributed by atoms with Crippen molar-refractivity contribution in [2.45, 2.75) is 0 Å². The van der Waals surface area contributed by atoms with Crippen molar-refractivity contribution < 1.29 is 9.84 Å². The first kappa shape index (κ1) is 9.13. The Hall–Kier alpha value is -1.87. The molecule has 2 nitrogen and oxygen atoms in total. The average Bonchev–Trinajstić information content (AvgIpc) is 2.03. The molecule has 0 aromatic carbocycles. The zero-order chi connectivity index (χ0) is 8.36. The number of ether oxygens (including phenoxy) is 1. The van der Waals surface area contributed by atoms with Crippen LogP contribution in [0.15, 0.2) is 0 Å². The van der Waals surface area contributed by atoms with Crippen molar-refractivity contribution in [3.05, 3.63) is 0 Å². The molecule has 0 aliphatic heterocycles. The van der Waals surface area contributed by atoms with Crippen LogP contribution in [-0.4, -0.2) is 5.11 Å². The van der Waals surface area contributed by atoms with E-state index in [0.717, 1.165) is 0 Å². The second-order valence-corrected chi connectivity index (χ2v) is 1.20. The van der Waals surface area contributed by atoms with E-state index in [1.165, 1.54) is 0 Å². The number of halogens is 1. The highest BCUT2D eigenvalue weighted by atomic mass is 35.5. The van der Waals surface area contributed by atoms with Gasteiger partial charge in [-0.15, -0.1) is 0 Å². The summed E-state index contributed by atoms with van der Waals surface area (Å²) in [6.45, 7) is 0. The molecule has 0 aromatic rings. The Balaban J connectivity index is 3.72. The van der Waals surface area contributed by atoms with Crippen LogP contribution in [0.3, 0.4) is 0 Å². The van der Waals surface area contributed by atoms with Crippen molar-refractivity contribution in [3.63, 3.8) is 0 Å². The predicted molar refractivity (Wildman–Crippen MR) is 40.0 cm³/mol. The highest BCUT2D eigenvalue weighted by Gasteiger charge is 1.61. The maximum atomic E-state index is 7.91. The second-order valence-electron chi connectivity index (χ2n) is 1.01. The van der Waals surface area contributed by atoms with E-state index in [4.69, 9.17) is 16.7 Å². The molecule has 0 rings (SSSR count). The lowest BCUT2D eigenvalue weighted by Crippen LogP contribution is -1.64. The normalized spacial score (nSPS) is 4.09. The molecule has 0 atom stereocenters. The van der Waals surface area contributed by atoms with E-state index in [9.17, 15) is 0 Å². The first-order valence-corrected chi connectivity index (χ1v) is 2.70. The number of aliphatic hydroxyl groups excluding tert-OH is 1. The van der Waals surface area contributed by atoms with Gasteiger partial charge in [0.1, 0.15) is 18.3 Å². The van der Waals surface area contributed by atoms with Gasteiger partial charge in [0.2, 0.25) is 0 Å². The maximum Gasteiger partial charge on any atom is 0.144 e. The molecule has 0 spiro atoms. The molecule has 3 heteroatoms. The summed E-state index contributed by atoms with van der Waals surface area (Å²) in [7, 11) is 0. The third kappa shape index (κ3) is 8.13. The topological polar surface area (TPSA) is 29.5 Å². The molecule has 0 radical (unpaired) electrons. The average molecular weight is 165 g/mol. The highest BCUT2D eigenvalue weighted by molar-refractivity contribution is 6.30. The van der Waals surface area contributed by atoms with Crippen LogP contribution in [0.1, 0.15) is 0 Å². The summed E-state index contributed by atoms with van der Waals surface area (Å²) < 4.78 is 4.34. The molecule has 0 saturated carbocycles. The smallest absolute Gasteiger partial charge is 0.144 e. The van der Waals surface area contributed by atoms with Crippen molar-refractivity contribution in [1.29, 1.82) is 0 Å². The van der Waals surface area contributed by atoms with E-state index in [1.807, 2.05) is 11.3 Å². The van der Waals surface area contributed by atoms with Crippen molar-refractivity contribution in [2.75, 3.05) is 0 Å². The Kier molecular flexibility index (Phi) is 6.75. The van der Waals surface area contributed by atoms with Crippen LogP contribution in [0.5, 0.6) is 0 Å². The second kappa shape index (κ2) is 8.13. The molecule has 0 aliphatic carbocycles. The minimum absolute atomic E-state index is 1.57. The zero-order valence-electron chi connectivity index (χ0n) is 5.23. The van der Waals surface area contributed by atoms with Gasteiger partial charge in [-0.25, -0.2) is 0 Å². The number of aliphatic hydroxyl groups is 1. The molecule has 11 heavy (non-hydrogen) atoms. The number of hydrogen-bond donors (Lipinski definition) is 1. The van der Waals surface area contributed by atoms with E-state index >= 15 is 0 Å². The van der Waals surface area contributed by atoms with Gasteiger partial charge in [0.05, 0.1) is 0 Å². The van der Waals surface area contributed by atoms with E-state index < -0.39 is 0 Å². The quantitative estimate of drug-likeness (QED) is 0.527. The molecule has 0 aromatic heterocycles. The summed E-state index contributed by atoms with van der Waals surface area (Å²) in [5.74, 6) is 8.62. The van der Waals surface area contributed by atoms with Crippen LogP contribution in [0.25, 0.3) is 0 Å². The summed E-state index contributed by atoms with van der Waals surface area (Å²) in [6.07, 6.45) is 5.76. The van der Waals surface area contributed by atoms with Crippen LogP contribution in [0, 0.1) is 47.4 Å². The summed E-state index contributed by atoms with van der Waals surface area (Å²) in [5.41, 5.74) is 0. The molecule has 0 bridgehead atoms. The molecule has 1 N–H and O–H groups in total. The number of hydrogen-bond acceptors (Lipinski definition) is 2. The molecular formula is C8HClO2. The van der Waals surface area contributed by atoms with Crippen LogP contribution in [0.4, 0.5) is 0 Å². The van der Waals surface area contributed by atoms with Gasteiger partial charge < -0.3 is 9.84 Å². The molecule has 0 saturated heterocycles. The fraction of sp³-hybridized carbons (Fsp3) is 0.